The fourth-order valence-electron chi connectivity index (χ4n) is 3.15. The summed E-state index contributed by atoms with van der Waals surface area (Å²) in [4.78, 5) is 14.7. The van der Waals surface area contributed by atoms with Crippen LogP contribution in [-0.4, -0.2) is 47.0 Å². The Labute approximate surface area is 180 Å². The molecule has 3 N–H and O–H groups in total. The van der Waals surface area contributed by atoms with E-state index in [4.69, 9.17) is 11.6 Å². The fourth-order valence-corrected chi connectivity index (χ4v) is 4.48. The molecule has 30 heavy (non-hydrogen) atoms. The van der Waals surface area contributed by atoms with Gasteiger partial charge in [-0.25, -0.2) is 12.8 Å². The van der Waals surface area contributed by atoms with E-state index >= 15 is 0 Å². The van der Waals surface area contributed by atoms with E-state index in [2.05, 4.69) is 20.3 Å². The van der Waals surface area contributed by atoms with E-state index in [1.165, 1.54) is 6.07 Å². The molecule has 10 heteroatoms. The van der Waals surface area contributed by atoms with Gasteiger partial charge in [-0.2, -0.15) is 0 Å². The molecule has 0 aliphatic carbocycles. The Morgan fingerprint density at radius 2 is 1.93 bits per heavy atom. The van der Waals surface area contributed by atoms with Gasteiger partial charge in [0.1, 0.15) is 5.82 Å². The van der Waals surface area contributed by atoms with Crippen LogP contribution < -0.4 is 20.3 Å². The van der Waals surface area contributed by atoms with Crippen LogP contribution in [0.1, 0.15) is 23.7 Å². The Morgan fingerprint density at radius 1 is 1.20 bits per heavy atom. The quantitative estimate of drug-likeness (QED) is 0.598. The molecule has 1 amide bonds. The van der Waals surface area contributed by atoms with Crippen molar-refractivity contribution in [2.75, 3.05) is 42.3 Å². The number of hydrogen-bond donors (Lipinski definition) is 3. The number of carbonyl (C=O) groups is 1. The highest BCUT2D eigenvalue weighted by Gasteiger charge is 2.21. The van der Waals surface area contributed by atoms with E-state index in [0.717, 1.165) is 56.5 Å². The lowest BCUT2D eigenvalue weighted by atomic mass is 10.1. The maximum absolute atomic E-state index is 13.4. The van der Waals surface area contributed by atoms with Crippen LogP contribution in [0, 0.1) is 5.82 Å². The lowest BCUT2D eigenvalue weighted by molar-refractivity contribution is 0.0954. The predicted molar refractivity (Wildman–Crippen MR) is 116 cm³/mol. The predicted octanol–water partition coefficient (Wildman–Crippen LogP) is 2.83. The average molecular weight is 455 g/mol. The largest absolute Gasteiger partial charge is 0.368 e. The maximum Gasteiger partial charge on any atom is 0.261 e. The van der Waals surface area contributed by atoms with Crippen molar-refractivity contribution in [3.05, 3.63) is 52.8 Å². The van der Waals surface area contributed by atoms with Crippen molar-refractivity contribution in [2.24, 2.45) is 0 Å². The first kappa shape index (κ1) is 22.3. The lowest BCUT2D eigenvalue weighted by Gasteiger charge is -2.31. The SMILES string of the molecule is CCCNC(=O)c1cc(NS(=O)(=O)c2ccc(F)c(Cl)c2)ccc1N1CCNCC1. The highest BCUT2D eigenvalue weighted by Crippen LogP contribution is 2.27. The second-order valence-electron chi connectivity index (χ2n) is 6.91. The van der Waals surface area contributed by atoms with E-state index < -0.39 is 15.8 Å². The van der Waals surface area contributed by atoms with Crippen LogP contribution >= 0.6 is 11.6 Å². The van der Waals surface area contributed by atoms with Crippen molar-refractivity contribution in [2.45, 2.75) is 18.2 Å². The van der Waals surface area contributed by atoms with Gasteiger partial charge in [-0.1, -0.05) is 18.5 Å². The summed E-state index contributed by atoms with van der Waals surface area (Å²) in [5.74, 6) is -0.970. The van der Waals surface area contributed by atoms with Crippen LogP contribution in [0.15, 0.2) is 41.3 Å². The van der Waals surface area contributed by atoms with E-state index in [-0.39, 0.29) is 21.5 Å². The van der Waals surface area contributed by atoms with Crippen LogP contribution in [0.5, 0.6) is 0 Å². The Balaban J connectivity index is 1.92. The molecule has 0 aromatic heterocycles. The number of piperazine rings is 1. The molecular formula is C20H24ClFN4O3S. The summed E-state index contributed by atoms with van der Waals surface area (Å²) >= 11 is 5.71. The summed E-state index contributed by atoms with van der Waals surface area (Å²) in [7, 11) is -4.01. The van der Waals surface area contributed by atoms with Gasteiger partial charge in [-0.3, -0.25) is 9.52 Å². The maximum atomic E-state index is 13.4. The van der Waals surface area contributed by atoms with Gasteiger partial charge in [0.15, 0.2) is 0 Å². The number of halogens is 2. The Kier molecular flexibility index (Phi) is 7.17. The number of rotatable bonds is 7. The molecule has 1 fully saturated rings. The molecule has 1 aliphatic rings. The minimum Gasteiger partial charge on any atom is -0.368 e. The first-order chi connectivity index (χ1) is 14.3. The second-order valence-corrected chi connectivity index (χ2v) is 9.00. The van der Waals surface area contributed by atoms with Crippen molar-refractivity contribution in [3.8, 4) is 0 Å². The molecule has 3 rings (SSSR count). The van der Waals surface area contributed by atoms with Gasteiger partial charge in [0, 0.05) is 44.1 Å². The number of nitrogens with zero attached hydrogens (tertiary/aromatic N) is 1. The second kappa shape index (κ2) is 9.63. The number of carbonyl (C=O) groups excluding carboxylic acids is 1. The summed E-state index contributed by atoms with van der Waals surface area (Å²) in [6.45, 7) is 5.56. The van der Waals surface area contributed by atoms with Crippen LogP contribution in [0.3, 0.4) is 0 Å². The molecule has 7 nitrogen and oxygen atoms in total. The molecule has 1 heterocycles. The molecule has 162 valence electrons. The summed E-state index contributed by atoms with van der Waals surface area (Å²) in [6, 6.07) is 8.04. The topological polar surface area (TPSA) is 90.5 Å². The molecule has 0 atom stereocenters. The summed E-state index contributed by atoms with van der Waals surface area (Å²) in [5.41, 5.74) is 1.37. The van der Waals surface area contributed by atoms with E-state index in [1.807, 2.05) is 6.92 Å². The third-order valence-corrected chi connectivity index (χ3v) is 6.36. The van der Waals surface area contributed by atoms with Gasteiger partial charge < -0.3 is 15.5 Å². The number of amides is 1. The highest BCUT2D eigenvalue weighted by molar-refractivity contribution is 7.92. The molecule has 0 saturated carbocycles. The number of anilines is 2. The highest BCUT2D eigenvalue weighted by atomic mass is 35.5. The molecule has 2 aromatic carbocycles. The van der Waals surface area contributed by atoms with Crippen LogP contribution in [0.2, 0.25) is 5.02 Å². The number of sulfonamides is 1. The van der Waals surface area contributed by atoms with Crippen molar-refractivity contribution in [1.82, 2.24) is 10.6 Å². The van der Waals surface area contributed by atoms with E-state index in [0.29, 0.717) is 12.1 Å². The summed E-state index contributed by atoms with van der Waals surface area (Å²) in [6.07, 6.45) is 0.784. The molecule has 1 aliphatic heterocycles. The van der Waals surface area contributed by atoms with E-state index in [9.17, 15) is 17.6 Å². The van der Waals surface area contributed by atoms with Gasteiger partial charge >= 0.3 is 0 Å². The Morgan fingerprint density at radius 3 is 2.60 bits per heavy atom. The number of nitrogens with one attached hydrogen (secondary N) is 3. The van der Waals surface area contributed by atoms with Crippen molar-refractivity contribution in [1.29, 1.82) is 0 Å². The smallest absolute Gasteiger partial charge is 0.261 e. The third kappa shape index (κ3) is 5.21. The zero-order valence-electron chi connectivity index (χ0n) is 16.5. The lowest BCUT2D eigenvalue weighted by Crippen LogP contribution is -2.44. The number of benzene rings is 2. The van der Waals surface area contributed by atoms with Gasteiger partial charge in [0.05, 0.1) is 15.5 Å². The van der Waals surface area contributed by atoms with Crippen molar-refractivity contribution >= 4 is 38.9 Å². The normalized spacial score (nSPS) is 14.4. The number of hydrogen-bond acceptors (Lipinski definition) is 5. The van der Waals surface area contributed by atoms with Crippen molar-refractivity contribution in [3.63, 3.8) is 0 Å². The van der Waals surface area contributed by atoms with Gasteiger partial charge in [-0.05, 0) is 42.8 Å². The third-order valence-electron chi connectivity index (χ3n) is 4.69. The monoisotopic (exact) mass is 454 g/mol. The van der Waals surface area contributed by atoms with Gasteiger partial charge in [0.25, 0.3) is 15.9 Å². The first-order valence-corrected chi connectivity index (χ1v) is 11.5. The first-order valence-electron chi connectivity index (χ1n) is 9.67. The van der Waals surface area contributed by atoms with Crippen LogP contribution in [0.25, 0.3) is 0 Å². The van der Waals surface area contributed by atoms with E-state index in [1.54, 1.807) is 12.1 Å². The zero-order valence-corrected chi connectivity index (χ0v) is 18.1. The standard InChI is InChI=1S/C20H24ClFN4O3S/c1-2-7-24-20(27)16-12-14(3-6-19(16)26-10-8-23-9-11-26)25-30(28,29)15-4-5-18(22)17(21)13-15/h3-6,12-13,23,25H,2,7-11H2,1H3,(H,24,27). The summed E-state index contributed by atoms with van der Waals surface area (Å²) < 4.78 is 41.2. The molecule has 0 unspecified atom stereocenters. The van der Waals surface area contributed by atoms with Gasteiger partial charge in [-0.15, -0.1) is 0 Å². The Bertz CT molecular complexity index is 1030. The molecule has 0 spiro atoms. The zero-order chi connectivity index (χ0) is 21.7. The minimum absolute atomic E-state index is 0.169. The summed E-state index contributed by atoms with van der Waals surface area (Å²) in [5, 5.41) is 5.83. The van der Waals surface area contributed by atoms with Crippen LogP contribution in [0.4, 0.5) is 15.8 Å². The molecule has 2 aromatic rings. The minimum atomic E-state index is -4.01. The van der Waals surface area contributed by atoms with Gasteiger partial charge in [0.2, 0.25) is 0 Å². The average Bonchev–Trinajstić information content (AvgIpc) is 2.74. The Hall–Kier alpha value is -2.36. The van der Waals surface area contributed by atoms with Crippen molar-refractivity contribution < 1.29 is 17.6 Å². The molecule has 0 bridgehead atoms. The fraction of sp³-hybridized carbons (Fsp3) is 0.350. The molecular weight excluding hydrogens is 431 g/mol. The van der Waals surface area contributed by atoms with Crippen LogP contribution in [-0.2, 0) is 10.0 Å². The molecule has 0 radical (unpaired) electrons. The molecule has 1 saturated heterocycles.